The predicted molar refractivity (Wildman–Crippen MR) is 140 cm³/mol. The van der Waals surface area contributed by atoms with E-state index in [1.54, 1.807) is 0 Å². The summed E-state index contributed by atoms with van der Waals surface area (Å²) in [5.41, 5.74) is 8.45. The fourth-order valence-electron chi connectivity index (χ4n) is 4.89. The number of hydrogen-bond acceptors (Lipinski definition) is 4. The lowest BCUT2D eigenvalue weighted by atomic mass is 9.87. The number of rotatable bonds is 5. The zero-order chi connectivity index (χ0) is 23.9. The van der Waals surface area contributed by atoms with Crippen molar-refractivity contribution in [1.82, 2.24) is 24.6 Å². The molecule has 1 saturated heterocycles. The Bertz CT molecular complexity index is 1270. The fraction of sp³-hybridized carbons (Fsp3) is 0.429. The van der Waals surface area contributed by atoms with Gasteiger partial charge in [-0.1, -0.05) is 58.0 Å². The van der Waals surface area contributed by atoms with Crippen LogP contribution in [0.4, 0.5) is 5.69 Å². The van der Waals surface area contributed by atoms with E-state index in [4.69, 9.17) is 10.1 Å². The van der Waals surface area contributed by atoms with Gasteiger partial charge in [0.1, 0.15) is 11.3 Å². The van der Waals surface area contributed by atoms with Crippen LogP contribution >= 0.6 is 0 Å². The molecule has 1 aliphatic rings. The molecule has 0 unspecified atom stereocenters. The van der Waals surface area contributed by atoms with Crippen molar-refractivity contribution in [2.75, 3.05) is 31.1 Å². The minimum absolute atomic E-state index is 0.149. The number of H-pyrrole nitrogens is 1. The first-order valence-corrected chi connectivity index (χ1v) is 12.4. The molecule has 4 aromatic rings. The molecule has 0 aliphatic carbocycles. The molecule has 6 nitrogen and oxygen atoms in total. The summed E-state index contributed by atoms with van der Waals surface area (Å²) >= 11 is 0. The van der Waals surface area contributed by atoms with Crippen molar-refractivity contribution in [3.05, 3.63) is 65.5 Å². The number of para-hydroxylation sites is 1. The van der Waals surface area contributed by atoms with Crippen molar-refractivity contribution < 1.29 is 0 Å². The van der Waals surface area contributed by atoms with Crippen LogP contribution in [0.25, 0.3) is 22.4 Å². The summed E-state index contributed by atoms with van der Waals surface area (Å²) in [7, 11) is 2.04. The van der Waals surface area contributed by atoms with Gasteiger partial charge >= 0.3 is 0 Å². The highest BCUT2D eigenvalue weighted by atomic mass is 15.3. The van der Waals surface area contributed by atoms with Gasteiger partial charge in [0.05, 0.1) is 16.9 Å². The lowest BCUT2D eigenvalue weighted by Crippen LogP contribution is -2.46. The van der Waals surface area contributed by atoms with Crippen LogP contribution in [0.1, 0.15) is 44.6 Å². The summed E-state index contributed by atoms with van der Waals surface area (Å²) in [6, 6.07) is 17.5. The number of aryl methyl sites for hydroxylation is 2. The molecule has 1 N–H and O–H groups in total. The highest BCUT2D eigenvalue weighted by Gasteiger charge is 2.21. The van der Waals surface area contributed by atoms with Crippen LogP contribution in [0.5, 0.6) is 0 Å². The van der Waals surface area contributed by atoms with Crippen LogP contribution < -0.4 is 4.90 Å². The molecule has 5 rings (SSSR count). The van der Waals surface area contributed by atoms with Gasteiger partial charge in [-0.05, 0) is 35.6 Å². The first-order valence-electron chi connectivity index (χ1n) is 12.4. The lowest BCUT2D eigenvalue weighted by Gasteiger charge is -2.35. The molecule has 178 valence electrons. The fourth-order valence-corrected chi connectivity index (χ4v) is 4.89. The molecule has 0 bridgehead atoms. The highest BCUT2D eigenvalue weighted by molar-refractivity contribution is 5.91. The number of hydrogen-bond donors (Lipinski definition) is 1. The number of fused-ring (bicyclic) bond motifs is 1. The summed E-state index contributed by atoms with van der Waals surface area (Å²) < 4.78 is 2.01. The van der Waals surface area contributed by atoms with Gasteiger partial charge in [-0.25, -0.2) is 4.98 Å². The summed E-state index contributed by atoms with van der Waals surface area (Å²) in [5, 5.41) is 4.69. The monoisotopic (exact) mass is 456 g/mol. The maximum Gasteiger partial charge on any atom is 0.138 e. The summed E-state index contributed by atoms with van der Waals surface area (Å²) in [5.74, 6) is 0.934. The van der Waals surface area contributed by atoms with Gasteiger partial charge in [0.25, 0.3) is 0 Å². The summed E-state index contributed by atoms with van der Waals surface area (Å²) in [6.45, 7) is 13.9. The molecule has 2 aromatic heterocycles. The Balaban J connectivity index is 1.31. The van der Waals surface area contributed by atoms with Gasteiger partial charge in [-0.2, -0.15) is 5.10 Å². The Morgan fingerprint density at radius 2 is 1.71 bits per heavy atom. The van der Waals surface area contributed by atoms with Crippen molar-refractivity contribution in [2.45, 2.75) is 46.1 Å². The molecule has 6 heteroatoms. The molecule has 0 saturated carbocycles. The van der Waals surface area contributed by atoms with Crippen molar-refractivity contribution in [1.29, 1.82) is 0 Å². The van der Waals surface area contributed by atoms with E-state index < -0.39 is 0 Å². The largest absolute Gasteiger partial charge is 0.367 e. The van der Waals surface area contributed by atoms with Crippen LogP contribution in [0.15, 0.2) is 48.5 Å². The second kappa shape index (κ2) is 8.91. The number of anilines is 1. The Kier molecular flexibility index (Phi) is 5.94. The number of imidazole rings is 1. The Morgan fingerprint density at radius 3 is 2.35 bits per heavy atom. The molecule has 1 aliphatic heterocycles. The zero-order valence-electron chi connectivity index (χ0n) is 21.1. The number of benzene rings is 2. The summed E-state index contributed by atoms with van der Waals surface area (Å²) in [4.78, 5) is 13.6. The minimum atomic E-state index is 0.149. The van der Waals surface area contributed by atoms with Gasteiger partial charge in [-0.15, -0.1) is 0 Å². The molecule has 0 radical (unpaired) electrons. The van der Waals surface area contributed by atoms with E-state index >= 15 is 0 Å². The van der Waals surface area contributed by atoms with E-state index in [1.165, 1.54) is 22.6 Å². The Morgan fingerprint density at radius 1 is 0.971 bits per heavy atom. The minimum Gasteiger partial charge on any atom is -0.367 e. The van der Waals surface area contributed by atoms with Gasteiger partial charge < -0.3 is 9.88 Å². The third-order valence-electron chi connectivity index (χ3n) is 7.00. The molecule has 0 amide bonds. The quantitative estimate of drug-likeness (QED) is 0.451. The number of nitrogens with zero attached hydrogens (tertiary/aromatic N) is 5. The molecule has 3 heterocycles. The maximum atomic E-state index is 5.03. The van der Waals surface area contributed by atoms with Gasteiger partial charge in [0.2, 0.25) is 0 Å². The van der Waals surface area contributed by atoms with Gasteiger partial charge in [0, 0.05) is 51.0 Å². The van der Waals surface area contributed by atoms with Crippen LogP contribution in [0, 0.1) is 0 Å². The third kappa shape index (κ3) is 4.47. The standard InChI is InChI=1S/C28H36N6/c1-6-23-18-22(31-32(23)5)19-33-14-16-34(17-15-33)25-9-7-8-24-26(25)30-27(29-24)20-10-12-21(13-11-20)28(2,3)4/h7-13,18H,6,14-17,19H2,1-5H3,(H,29,30). The average molecular weight is 457 g/mol. The first kappa shape index (κ1) is 22.7. The Hall–Kier alpha value is -3.12. The molecule has 1 fully saturated rings. The van der Waals surface area contributed by atoms with E-state index in [0.717, 1.165) is 61.6 Å². The Labute approximate surface area is 202 Å². The lowest BCUT2D eigenvalue weighted by molar-refractivity contribution is 0.246. The van der Waals surface area contributed by atoms with E-state index in [-0.39, 0.29) is 5.41 Å². The summed E-state index contributed by atoms with van der Waals surface area (Å²) in [6.07, 6.45) is 1.02. The number of aromatic nitrogens is 4. The average Bonchev–Trinajstić information content (AvgIpc) is 3.42. The number of piperazine rings is 1. The second-order valence-electron chi connectivity index (χ2n) is 10.5. The first-order chi connectivity index (χ1) is 16.3. The van der Waals surface area contributed by atoms with Crippen molar-refractivity contribution in [3.63, 3.8) is 0 Å². The van der Waals surface area contributed by atoms with Gasteiger partial charge in [-0.3, -0.25) is 9.58 Å². The van der Waals surface area contributed by atoms with Crippen LogP contribution in [-0.4, -0.2) is 50.8 Å². The highest BCUT2D eigenvalue weighted by Crippen LogP contribution is 2.30. The maximum absolute atomic E-state index is 5.03. The van der Waals surface area contributed by atoms with Crippen molar-refractivity contribution >= 4 is 16.7 Å². The van der Waals surface area contributed by atoms with Crippen LogP contribution in [-0.2, 0) is 25.4 Å². The topological polar surface area (TPSA) is 53.0 Å². The smallest absolute Gasteiger partial charge is 0.138 e. The number of aromatic amines is 1. The van der Waals surface area contributed by atoms with E-state index in [1.807, 2.05) is 11.7 Å². The van der Waals surface area contributed by atoms with E-state index in [9.17, 15) is 0 Å². The normalized spacial score (nSPS) is 15.4. The predicted octanol–water partition coefficient (Wildman–Crippen LogP) is 5.15. The zero-order valence-corrected chi connectivity index (χ0v) is 21.1. The third-order valence-corrected chi connectivity index (χ3v) is 7.00. The van der Waals surface area contributed by atoms with E-state index in [2.05, 4.69) is 91.0 Å². The van der Waals surface area contributed by atoms with Gasteiger partial charge in [0.15, 0.2) is 0 Å². The van der Waals surface area contributed by atoms with Crippen molar-refractivity contribution in [3.8, 4) is 11.4 Å². The molecular weight excluding hydrogens is 420 g/mol. The number of nitrogens with one attached hydrogen (secondary N) is 1. The molecule has 0 spiro atoms. The molecule has 0 atom stereocenters. The molecule has 34 heavy (non-hydrogen) atoms. The molecular formula is C28H36N6. The van der Waals surface area contributed by atoms with Crippen LogP contribution in [0.2, 0.25) is 0 Å². The van der Waals surface area contributed by atoms with Crippen LogP contribution in [0.3, 0.4) is 0 Å². The second-order valence-corrected chi connectivity index (χ2v) is 10.5. The van der Waals surface area contributed by atoms with E-state index in [0.29, 0.717) is 0 Å². The molecule has 2 aromatic carbocycles. The SMILES string of the molecule is CCc1cc(CN2CCN(c3cccc4[nH]c(-c5ccc(C(C)(C)C)cc5)nc34)CC2)nn1C. The van der Waals surface area contributed by atoms with Crippen molar-refractivity contribution in [2.24, 2.45) is 7.05 Å².